The first-order valence-corrected chi connectivity index (χ1v) is 19.6. The van der Waals surface area contributed by atoms with Crippen LogP contribution in [0, 0.1) is 34.5 Å². The van der Waals surface area contributed by atoms with E-state index in [4.69, 9.17) is 0 Å². The minimum Gasteiger partial charge on any atom is -0.346 e. The van der Waals surface area contributed by atoms with Crippen LogP contribution < -0.4 is 21.3 Å². The van der Waals surface area contributed by atoms with Crippen molar-refractivity contribution in [2.45, 2.75) is 123 Å². The van der Waals surface area contributed by atoms with Gasteiger partial charge in [0.15, 0.2) is 0 Å². The Labute approximate surface area is 301 Å². The van der Waals surface area contributed by atoms with Gasteiger partial charge in [0.1, 0.15) is 18.1 Å². The summed E-state index contributed by atoms with van der Waals surface area (Å²) in [6.07, 6.45) is 12.2. The number of carbonyl (C=O) groups excluding carboxylic acids is 6. The van der Waals surface area contributed by atoms with Crippen LogP contribution in [0.3, 0.4) is 0 Å². The number of Topliss-reactive ketones (excluding diaryl/α,β-unsaturated/α-hetero) is 1. The summed E-state index contributed by atoms with van der Waals surface area (Å²) in [7, 11) is 0. The summed E-state index contributed by atoms with van der Waals surface area (Å²) >= 11 is 1.49. The van der Waals surface area contributed by atoms with Gasteiger partial charge in [0.25, 0.3) is 11.8 Å². The van der Waals surface area contributed by atoms with Crippen LogP contribution in [0.15, 0.2) is 23.6 Å². The number of likely N-dealkylation sites (tertiary alicyclic amines) is 1. The number of rotatable bonds is 14. The van der Waals surface area contributed by atoms with Crippen molar-refractivity contribution in [3.8, 4) is 0 Å². The minimum absolute atomic E-state index is 0.0389. The van der Waals surface area contributed by atoms with E-state index in [2.05, 4.69) is 41.7 Å². The fourth-order valence-electron chi connectivity index (χ4n) is 8.47. The van der Waals surface area contributed by atoms with E-state index in [0.717, 1.165) is 63.5 Å². The molecule has 3 aliphatic carbocycles. The molecule has 5 amide bonds. The lowest BCUT2D eigenvalue weighted by atomic mass is 9.80. The zero-order valence-electron chi connectivity index (χ0n) is 30.5. The number of fused-ring (bicyclic) bond motifs is 1. The van der Waals surface area contributed by atoms with Crippen molar-refractivity contribution in [1.29, 1.82) is 0 Å². The fourth-order valence-corrected chi connectivity index (χ4v) is 9.36. The molecule has 0 bridgehead atoms. The van der Waals surface area contributed by atoms with Crippen molar-refractivity contribution in [1.82, 2.24) is 26.2 Å². The summed E-state index contributed by atoms with van der Waals surface area (Å²) in [5.74, 6) is -1.90. The van der Waals surface area contributed by atoms with E-state index in [0.29, 0.717) is 17.9 Å². The second-order valence-corrected chi connectivity index (χ2v) is 17.8. The van der Waals surface area contributed by atoms with Crippen LogP contribution in [0.4, 0.5) is 0 Å². The maximum absolute atomic E-state index is 14.6. The average molecular weight is 712 g/mol. The lowest BCUT2D eigenvalue weighted by Crippen LogP contribution is -2.63. The van der Waals surface area contributed by atoms with Crippen LogP contribution in [0.1, 0.15) is 98.8 Å². The number of hydrogen-bond acceptors (Lipinski definition) is 7. The summed E-state index contributed by atoms with van der Waals surface area (Å²) in [6, 6.07) is -3.59. The molecular weight excluding hydrogens is 655 g/mol. The van der Waals surface area contributed by atoms with Crippen LogP contribution in [0.2, 0.25) is 0 Å². The highest BCUT2D eigenvalue weighted by Crippen LogP contribution is 2.65. The zero-order valence-corrected chi connectivity index (χ0v) is 31.3. The Bertz CT molecular complexity index is 1390. The SMILES string of the molecule is C=CCNC(=O)C(=O)C(CC1CCC1)NC(=O)[C@@H]1[C@@H]2[C@H](CN1C(=O)[C@@H](NC(=O)[C@@H](NC(=O)C1=CCCS1)C1CCCCC1)C(C)(C)C)C2(C)C. The molecule has 2 heterocycles. The number of allylic oxidation sites excluding steroid dienone is 1. The minimum atomic E-state index is -0.999. The van der Waals surface area contributed by atoms with E-state index >= 15 is 0 Å². The third-order valence-corrected chi connectivity index (χ3v) is 12.9. The van der Waals surface area contributed by atoms with Gasteiger partial charge in [-0.25, -0.2) is 0 Å². The zero-order chi connectivity index (χ0) is 36.4. The standard InChI is InChI=1S/C38H57N5O6S/c1-7-18-39-35(48)30(44)25(20-22-13-11-14-22)40-34(47)29-27-24(38(27,5)6)21-43(29)36(49)31(37(2,3)4)42-33(46)28(23-15-9-8-10-16-23)41-32(45)26-17-12-19-50-26/h7,17,22-25,27-29,31H,1,8-16,18-21H2,2-6H3,(H,39,48)(H,40,47)(H,41,45)(H,42,46)/t24-,25?,27-,28-,29-,31+/m0/s1. The Morgan fingerprint density at radius 2 is 1.70 bits per heavy atom. The molecule has 0 spiro atoms. The Kier molecular flexibility index (Phi) is 11.9. The number of ketones is 1. The molecule has 276 valence electrons. The smallest absolute Gasteiger partial charge is 0.289 e. The van der Waals surface area contributed by atoms with Gasteiger partial charge < -0.3 is 26.2 Å². The second kappa shape index (κ2) is 15.6. The van der Waals surface area contributed by atoms with Crippen LogP contribution >= 0.6 is 11.8 Å². The molecule has 6 atom stereocenters. The molecule has 0 aromatic carbocycles. The van der Waals surface area contributed by atoms with E-state index in [-0.39, 0.29) is 53.4 Å². The number of carbonyl (C=O) groups is 6. The number of amides is 5. The molecular formula is C38H57N5O6S. The molecule has 50 heavy (non-hydrogen) atoms. The number of hydrogen-bond donors (Lipinski definition) is 4. The topological polar surface area (TPSA) is 154 Å². The molecule has 5 aliphatic rings. The number of nitrogens with one attached hydrogen (secondary N) is 4. The van der Waals surface area contributed by atoms with Gasteiger partial charge in [-0.2, -0.15) is 0 Å². The average Bonchev–Trinajstić information content (AvgIpc) is 3.51. The van der Waals surface area contributed by atoms with Crippen LogP contribution in [-0.4, -0.2) is 83.2 Å². The summed E-state index contributed by atoms with van der Waals surface area (Å²) in [6.45, 7) is 13.9. The first kappa shape index (κ1) is 38.1. The van der Waals surface area contributed by atoms with E-state index in [9.17, 15) is 28.8 Å². The summed E-state index contributed by atoms with van der Waals surface area (Å²) in [5, 5.41) is 11.5. The molecule has 11 nitrogen and oxygen atoms in total. The predicted molar refractivity (Wildman–Crippen MR) is 193 cm³/mol. The lowest BCUT2D eigenvalue weighted by molar-refractivity contribution is -0.147. The molecule has 12 heteroatoms. The van der Waals surface area contributed by atoms with Crippen molar-refractivity contribution in [2.75, 3.05) is 18.8 Å². The Balaban J connectivity index is 1.36. The molecule has 4 fully saturated rings. The molecule has 1 saturated heterocycles. The van der Waals surface area contributed by atoms with Gasteiger partial charge in [-0.05, 0) is 60.2 Å². The number of nitrogens with zero attached hydrogens (tertiary/aromatic N) is 1. The van der Waals surface area contributed by atoms with Gasteiger partial charge >= 0.3 is 0 Å². The van der Waals surface area contributed by atoms with Gasteiger partial charge in [0.05, 0.1) is 10.9 Å². The molecule has 1 unspecified atom stereocenters. The molecule has 5 rings (SSSR count). The summed E-state index contributed by atoms with van der Waals surface area (Å²) in [5.41, 5.74) is -0.898. The van der Waals surface area contributed by atoms with Crippen molar-refractivity contribution >= 4 is 47.1 Å². The van der Waals surface area contributed by atoms with Gasteiger partial charge in [0, 0.05) is 18.8 Å². The summed E-state index contributed by atoms with van der Waals surface area (Å²) < 4.78 is 0. The molecule has 0 aromatic heterocycles. The van der Waals surface area contributed by atoms with Crippen molar-refractivity contribution in [3.63, 3.8) is 0 Å². The van der Waals surface area contributed by atoms with E-state index in [1.54, 1.807) is 4.90 Å². The van der Waals surface area contributed by atoms with Crippen molar-refractivity contribution in [2.24, 2.45) is 34.5 Å². The highest BCUT2D eigenvalue weighted by Gasteiger charge is 2.70. The maximum Gasteiger partial charge on any atom is 0.289 e. The normalized spacial score (nSPS) is 26.3. The van der Waals surface area contributed by atoms with Crippen molar-refractivity contribution < 1.29 is 28.8 Å². The van der Waals surface area contributed by atoms with E-state index in [1.165, 1.54) is 17.8 Å². The molecule has 3 saturated carbocycles. The second-order valence-electron chi connectivity index (χ2n) is 16.7. The largest absolute Gasteiger partial charge is 0.346 e. The van der Waals surface area contributed by atoms with Gasteiger partial charge in [-0.3, -0.25) is 28.8 Å². The Morgan fingerprint density at radius 1 is 1.00 bits per heavy atom. The molecule has 4 N–H and O–H groups in total. The third kappa shape index (κ3) is 8.31. The van der Waals surface area contributed by atoms with Crippen LogP contribution in [0.25, 0.3) is 0 Å². The molecule has 0 aromatic rings. The summed E-state index contributed by atoms with van der Waals surface area (Å²) in [4.78, 5) is 84.5. The van der Waals surface area contributed by atoms with Crippen molar-refractivity contribution in [3.05, 3.63) is 23.6 Å². The molecule has 2 aliphatic heterocycles. The van der Waals surface area contributed by atoms with Crippen LogP contribution in [0.5, 0.6) is 0 Å². The highest BCUT2D eigenvalue weighted by atomic mass is 32.2. The van der Waals surface area contributed by atoms with Gasteiger partial charge in [-0.15, -0.1) is 18.3 Å². The number of piperidine rings is 1. The predicted octanol–water partition coefficient (Wildman–Crippen LogP) is 3.63. The van der Waals surface area contributed by atoms with Crippen LogP contribution in [-0.2, 0) is 28.8 Å². The van der Waals surface area contributed by atoms with E-state index < -0.39 is 47.2 Å². The first-order valence-electron chi connectivity index (χ1n) is 18.6. The Hall–Kier alpha value is -3.15. The highest BCUT2D eigenvalue weighted by molar-refractivity contribution is 8.04. The fraction of sp³-hybridized carbons (Fsp3) is 0.737. The number of thioether (sulfide) groups is 1. The molecule has 0 radical (unpaired) electrons. The van der Waals surface area contributed by atoms with E-state index in [1.807, 2.05) is 26.8 Å². The monoisotopic (exact) mass is 711 g/mol. The maximum atomic E-state index is 14.6. The third-order valence-electron chi connectivity index (χ3n) is 11.8. The quantitative estimate of drug-likeness (QED) is 0.159. The van der Waals surface area contributed by atoms with Gasteiger partial charge in [0.2, 0.25) is 23.5 Å². The first-order chi connectivity index (χ1) is 23.6. The van der Waals surface area contributed by atoms with Gasteiger partial charge in [-0.1, -0.05) is 85.3 Å². The lowest BCUT2D eigenvalue weighted by Gasteiger charge is -2.39. The Morgan fingerprint density at radius 3 is 2.28 bits per heavy atom.